The predicted octanol–water partition coefficient (Wildman–Crippen LogP) is 1.56. The smallest absolute Gasteiger partial charge is 0.253 e. The highest BCUT2D eigenvalue weighted by atomic mass is 16.3. The SMILES string of the molecule is Cc1ccc(C(=O)N2CCC(C)(O)CC2)cc1N. The summed E-state index contributed by atoms with van der Waals surface area (Å²) in [6, 6.07) is 5.40. The summed E-state index contributed by atoms with van der Waals surface area (Å²) >= 11 is 0. The zero-order valence-corrected chi connectivity index (χ0v) is 10.9. The molecule has 0 aliphatic carbocycles. The lowest BCUT2D eigenvalue weighted by molar-refractivity contribution is -0.00202. The second-order valence-electron chi connectivity index (χ2n) is 5.36. The lowest BCUT2D eigenvalue weighted by atomic mass is 9.93. The van der Waals surface area contributed by atoms with Crippen LogP contribution in [-0.4, -0.2) is 34.6 Å². The van der Waals surface area contributed by atoms with Crippen LogP contribution < -0.4 is 5.73 Å². The third kappa shape index (κ3) is 2.64. The maximum absolute atomic E-state index is 12.3. The van der Waals surface area contributed by atoms with E-state index in [0.29, 0.717) is 37.2 Å². The minimum absolute atomic E-state index is 0.00259. The van der Waals surface area contributed by atoms with Gasteiger partial charge < -0.3 is 15.7 Å². The van der Waals surface area contributed by atoms with Crippen LogP contribution in [0.1, 0.15) is 35.7 Å². The number of anilines is 1. The molecule has 1 fully saturated rings. The molecule has 1 amide bonds. The van der Waals surface area contributed by atoms with Gasteiger partial charge in [0.1, 0.15) is 0 Å². The normalized spacial score (nSPS) is 18.7. The van der Waals surface area contributed by atoms with Crippen molar-refractivity contribution in [3.63, 3.8) is 0 Å². The molecule has 1 aliphatic rings. The molecule has 3 N–H and O–H groups in total. The number of nitrogens with two attached hydrogens (primary N) is 1. The Morgan fingerprint density at radius 1 is 1.39 bits per heavy atom. The standard InChI is InChI=1S/C14H20N2O2/c1-10-3-4-11(9-12(10)15)13(17)16-7-5-14(2,18)6-8-16/h3-4,9,18H,5-8,15H2,1-2H3. The first-order valence-corrected chi connectivity index (χ1v) is 6.27. The van der Waals surface area contributed by atoms with E-state index in [1.54, 1.807) is 17.0 Å². The molecule has 0 unspecified atom stereocenters. The number of aliphatic hydroxyl groups is 1. The van der Waals surface area contributed by atoms with E-state index in [1.165, 1.54) is 0 Å². The molecule has 0 saturated carbocycles. The molecule has 98 valence electrons. The van der Waals surface area contributed by atoms with Gasteiger partial charge in [0.15, 0.2) is 0 Å². The van der Waals surface area contributed by atoms with Crippen molar-refractivity contribution in [2.45, 2.75) is 32.3 Å². The van der Waals surface area contributed by atoms with Crippen LogP contribution in [0.4, 0.5) is 5.69 Å². The van der Waals surface area contributed by atoms with Crippen molar-refractivity contribution >= 4 is 11.6 Å². The summed E-state index contributed by atoms with van der Waals surface area (Å²) in [5.74, 6) is -0.00259. The van der Waals surface area contributed by atoms with Crippen LogP contribution in [0, 0.1) is 6.92 Å². The zero-order chi connectivity index (χ0) is 13.3. The van der Waals surface area contributed by atoms with E-state index in [2.05, 4.69) is 0 Å². The first kappa shape index (κ1) is 12.9. The molecule has 1 aliphatic heterocycles. The van der Waals surface area contributed by atoms with Gasteiger partial charge in [-0.15, -0.1) is 0 Å². The minimum atomic E-state index is -0.636. The van der Waals surface area contributed by atoms with Crippen LogP contribution >= 0.6 is 0 Å². The summed E-state index contributed by atoms with van der Waals surface area (Å²) in [7, 11) is 0. The summed E-state index contributed by atoms with van der Waals surface area (Å²) in [4.78, 5) is 14.0. The third-order valence-corrected chi connectivity index (χ3v) is 3.65. The molecule has 4 nitrogen and oxygen atoms in total. The van der Waals surface area contributed by atoms with Crippen molar-refractivity contribution in [2.75, 3.05) is 18.8 Å². The second-order valence-corrected chi connectivity index (χ2v) is 5.36. The molecule has 1 saturated heterocycles. The van der Waals surface area contributed by atoms with Crippen LogP contribution in [0.25, 0.3) is 0 Å². The van der Waals surface area contributed by atoms with Gasteiger partial charge in [-0.25, -0.2) is 0 Å². The lowest BCUT2D eigenvalue weighted by Crippen LogP contribution is -2.45. The second kappa shape index (κ2) is 4.61. The van der Waals surface area contributed by atoms with Gasteiger partial charge >= 0.3 is 0 Å². The molecular formula is C14H20N2O2. The van der Waals surface area contributed by atoms with Crippen LogP contribution in [-0.2, 0) is 0 Å². The predicted molar refractivity (Wildman–Crippen MR) is 71.4 cm³/mol. The van der Waals surface area contributed by atoms with Gasteiger partial charge in [-0.1, -0.05) is 6.07 Å². The minimum Gasteiger partial charge on any atom is -0.398 e. The number of benzene rings is 1. The molecule has 0 spiro atoms. The van der Waals surface area contributed by atoms with E-state index in [-0.39, 0.29) is 5.91 Å². The number of nitrogens with zero attached hydrogens (tertiary/aromatic N) is 1. The van der Waals surface area contributed by atoms with E-state index < -0.39 is 5.60 Å². The zero-order valence-electron chi connectivity index (χ0n) is 10.9. The Labute approximate surface area is 107 Å². The summed E-state index contributed by atoms with van der Waals surface area (Å²) in [6.07, 6.45) is 1.25. The van der Waals surface area contributed by atoms with E-state index in [0.717, 1.165) is 5.56 Å². The van der Waals surface area contributed by atoms with E-state index >= 15 is 0 Å². The number of piperidine rings is 1. The van der Waals surface area contributed by atoms with Crippen molar-refractivity contribution in [2.24, 2.45) is 0 Å². The largest absolute Gasteiger partial charge is 0.398 e. The van der Waals surface area contributed by atoms with Gasteiger partial charge in [0.05, 0.1) is 5.60 Å². The Bertz CT molecular complexity index is 459. The van der Waals surface area contributed by atoms with E-state index in [4.69, 9.17) is 5.73 Å². The van der Waals surface area contributed by atoms with Crippen LogP contribution in [0.2, 0.25) is 0 Å². The highest BCUT2D eigenvalue weighted by Gasteiger charge is 2.29. The molecule has 2 rings (SSSR count). The average molecular weight is 248 g/mol. The number of hydrogen-bond donors (Lipinski definition) is 2. The van der Waals surface area contributed by atoms with E-state index in [9.17, 15) is 9.90 Å². The Morgan fingerprint density at radius 2 is 2.00 bits per heavy atom. The maximum atomic E-state index is 12.3. The molecule has 0 aromatic heterocycles. The molecule has 1 heterocycles. The maximum Gasteiger partial charge on any atom is 0.253 e. The van der Waals surface area contributed by atoms with Gasteiger partial charge in [0, 0.05) is 24.3 Å². The molecule has 4 heteroatoms. The molecule has 0 bridgehead atoms. The number of rotatable bonds is 1. The van der Waals surface area contributed by atoms with Crippen LogP contribution in [0.3, 0.4) is 0 Å². The van der Waals surface area contributed by atoms with Crippen LogP contribution in [0.15, 0.2) is 18.2 Å². The molecule has 1 aromatic rings. The summed E-state index contributed by atoms with van der Waals surface area (Å²) in [5.41, 5.74) is 7.43. The fourth-order valence-corrected chi connectivity index (χ4v) is 2.15. The lowest BCUT2D eigenvalue weighted by Gasteiger charge is -2.35. The summed E-state index contributed by atoms with van der Waals surface area (Å²) < 4.78 is 0. The number of likely N-dealkylation sites (tertiary alicyclic amines) is 1. The molecule has 0 radical (unpaired) electrons. The highest BCUT2D eigenvalue weighted by Crippen LogP contribution is 2.23. The van der Waals surface area contributed by atoms with Crippen molar-refractivity contribution < 1.29 is 9.90 Å². The highest BCUT2D eigenvalue weighted by molar-refractivity contribution is 5.95. The fraction of sp³-hybridized carbons (Fsp3) is 0.500. The van der Waals surface area contributed by atoms with Gasteiger partial charge in [-0.3, -0.25) is 4.79 Å². The van der Waals surface area contributed by atoms with Gasteiger partial charge in [-0.05, 0) is 44.4 Å². The van der Waals surface area contributed by atoms with E-state index in [1.807, 2.05) is 19.9 Å². The van der Waals surface area contributed by atoms with Crippen molar-refractivity contribution in [3.05, 3.63) is 29.3 Å². The Morgan fingerprint density at radius 3 is 2.56 bits per heavy atom. The molecule has 0 atom stereocenters. The fourth-order valence-electron chi connectivity index (χ4n) is 2.15. The van der Waals surface area contributed by atoms with Gasteiger partial charge in [0.2, 0.25) is 0 Å². The number of aryl methyl sites for hydroxylation is 1. The van der Waals surface area contributed by atoms with Crippen LogP contribution in [0.5, 0.6) is 0 Å². The number of hydrogen-bond acceptors (Lipinski definition) is 3. The monoisotopic (exact) mass is 248 g/mol. The molecule has 18 heavy (non-hydrogen) atoms. The Balaban J connectivity index is 2.10. The third-order valence-electron chi connectivity index (χ3n) is 3.65. The van der Waals surface area contributed by atoms with Crippen molar-refractivity contribution in [3.8, 4) is 0 Å². The molecular weight excluding hydrogens is 228 g/mol. The number of carbonyl (C=O) groups is 1. The van der Waals surface area contributed by atoms with Crippen molar-refractivity contribution in [1.82, 2.24) is 4.90 Å². The first-order valence-electron chi connectivity index (χ1n) is 6.27. The quantitative estimate of drug-likeness (QED) is 0.741. The molecule has 1 aromatic carbocycles. The number of nitrogen functional groups attached to an aromatic ring is 1. The number of carbonyl (C=O) groups excluding carboxylic acids is 1. The number of amides is 1. The van der Waals surface area contributed by atoms with Crippen molar-refractivity contribution in [1.29, 1.82) is 0 Å². The average Bonchev–Trinajstić information content (AvgIpc) is 2.32. The first-order chi connectivity index (χ1) is 8.39. The van der Waals surface area contributed by atoms with Gasteiger partial charge in [-0.2, -0.15) is 0 Å². The summed E-state index contributed by atoms with van der Waals surface area (Å²) in [6.45, 7) is 4.93. The topological polar surface area (TPSA) is 66.6 Å². The summed E-state index contributed by atoms with van der Waals surface area (Å²) in [5, 5.41) is 9.87. The Kier molecular flexibility index (Phi) is 3.30. The van der Waals surface area contributed by atoms with Gasteiger partial charge in [0.25, 0.3) is 5.91 Å². The Hall–Kier alpha value is -1.55.